The Kier molecular flexibility index (Phi) is 3.26. The van der Waals surface area contributed by atoms with Crippen LogP contribution in [0.5, 0.6) is 0 Å². The molecule has 5 nitrogen and oxygen atoms in total. The minimum absolute atomic E-state index is 0.0937. The predicted molar refractivity (Wildman–Crippen MR) is 69.9 cm³/mol. The molecule has 5 heteroatoms. The molecule has 1 fully saturated rings. The van der Waals surface area contributed by atoms with E-state index in [1.54, 1.807) is 13.0 Å². The van der Waals surface area contributed by atoms with E-state index in [0.29, 0.717) is 5.56 Å². The van der Waals surface area contributed by atoms with Gasteiger partial charge < -0.3 is 10.1 Å². The van der Waals surface area contributed by atoms with Gasteiger partial charge in [0.05, 0.1) is 16.6 Å². The highest BCUT2D eigenvalue weighted by Gasteiger charge is 2.37. The summed E-state index contributed by atoms with van der Waals surface area (Å²) in [4.78, 5) is 10.6. The molecule has 1 aromatic carbocycles. The van der Waals surface area contributed by atoms with E-state index < -0.39 is 0 Å². The molecule has 0 aliphatic carbocycles. The fraction of sp³-hybridized carbons (Fsp3) is 0.538. The molecule has 0 aromatic heterocycles. The number of hydrogen-bond acceptors (Lipinski definition) is 4. The van der Waals surface area contributed by atoms with Gasteiger partial charge in [-0.3, -0.25) is 10.1 Å². The van der Waals surface area contributed by atoms with Crippen LogP contribution < -0.4 is 5.32 Å². The smallest absolute Gasteiger partial charge is 0.274 e. The number of nitrogens with one attached hydrogen (secondary N) is 1. The van der Waals surface area contributed by atoms with Gasteiger partial charge in [0.25, 0.3) is 5.69 Å². The number of nitro groups is 1. The van der Waals surface area contributed by atoms with Gasteiger partial charge in [0.15, 0.2) is 0 Å². The molecule has 2 atom stereocenters. The molecule has 1 aliphatic heterocycles. The molecule has 1 aliphatic rings. The lowest BCUT2D eigenvalue weighted by atomic mass is 9.93. The molecule has 18 heavy (non-hydrogen) atoms. The predicted octanol–water partition coefficient (Wildman–Crippen LogP) is 2.88. The van der Waals surface area contributed by atoms with Crippen LogP contribution in [0.15, 0.2) is 18.2 Å². The molecule has 0 radical (unpaired) electrons. The minimum atomic E-state index is -0.350. The summed E-state index contributed by atoms with van der Waals surface area (Å²) in [5.41, 5.74) is 1.46. The first kappa shape index (κ1) is 12.8. The van der Waals surface area contributed by atoms with Crippen LogP contribution in [0.4, 0.5) is 11.4 Å². The van der Waals surface area contributed by atoms with Gasteiger partial charge >= 0.3 is 0 Å². The summed E-state index contributed by atoms with van der Waals surface area (Å²) < 4.78 is 5.56. The Bertz CT molecular complexity index is 475. The molecule has 0 bridgehead atoms. The Labute approximate surface area is 106 Å². The number of ether oxygens (including phenoxy) is 1. The van der Waals surface area contributed by atoms with Crippen LogP contribution in [-0.4, -0.2) is 23.2 Å². The molecule has 1 heterocycles. The first-order chi connectivity index (χ1) is 8.44. The van der Waals surface area contributed by atoms with Crippen molar-refractivity contribution in [1.82, 2.24) is 0 Å². The second-order valence-electron chi connectivity index (χ2n) is 5.01. The van der Waals surface area contributed by atoms with Crippen molar-refractivity contribution in [2.75, 3.05) is 11.9 Å². The summed E-state index contributed by atoms with van der Waals surface area (Å²) in [5, 5.41) is 14.3. The highest BCUT2D eigenvalue weighted by atomic mass is 16.6. The van der Waals surface area contributed by atoms with Gasteiger partial charge in [-0.1, -0.05) is 6.07 Å². The molecular weight excluding hydrogens is 232 g/mol. The van der Waals surface area contributed by atoms with Gasteiger partial charge in [-0.05, 0) is 33.3 Å². The van der Waals surface area contributed by atoms with Crippen molar-refractivity contribution in [3.63, 3.8) is 0 Å². The largest absolute Gasteiger partial charge is 0.377 e. The van der Waals surface area contributed by atoms with Crippen LogP contribution in [0.1, 0.15) is 25.8 Å². The van der Waals surface area contributed by atoms with Crippen LogP contribution in [0.25, 0.3) is 0 Å². The van der Waals surface area contributed by atoms with Crippen LogP contribution in [0.2, 0.25) is 0 Å². The monoisotopic (exact) mass is 250 g/mol. The summed E-state index contributed by atoms with van der Waals surface area (Å²) in [6.07, 6.45) is 0.993. The van der Waals surface area contributed by atoms with E-state index in [4.69, 9.17) is 4.74 Å². The van der Waals surface area contributed by atoms with Gasteiger partial charge in [-0.2, -0.15) is 0 Å². The summed E-state index contributed by atoms with van der Waals surface area (Å²) in [6.45, 7) is 6.60. The molecular formula is C13H18N2O3. The Morgan fingerprint density at radius 2 is 2.28 bits per heavy atom. The van der Waals surface area contributed by atoms with E-state index in [-0.39, 0.29) is 22.3 Å². The summed E-state index contributed by atoms with van der Waals surface area (Å²) in [5.74, 6) is 0. The zero-order chi connectivity index (χ0) is 13.3. The molecule has 0 spiro atoms. The van der Waals surface area contributed by atoms with Crippen LogP contribution in [-0.2, 0) is 4.74 Å². The first-order valence-corrected chi connectivity index (χ1v) is 6.08. The Balaban J connectivity index is 2.30. The lowest BCUT2D eigenvalue weighted by Gasteiger charge is -2.30. The molecule has 0 saturated carbocycles. The van der Waals surface area contributed by atoms with Crippen LogP contribution in [0, 0.1) is 17.0 Å². The maximum absolute atomic E-state index is 10.9. The van der Waals surface area contributed by atoms with Crippen LogP contribution in [0.3, 0.4) is 0 Å². The van der Waals surface area contributed by atoms with Crippen molar-refractivity contribution in [3.05, 3.63) is 33.9 Å². The Morgan fingerprint density at radius 1 is 1.56 bits per heavy atom. The van der Waals surface area contributed by atoms with E-state index >= 15 is 0 Å². The Morgan fingerprint density at radius 3 is 2.83 bits per heavy atom. The highest BCUT2D eigenvalue weighted by Crippen LogP contribution is 2.33. The number of nitrogens with zero attached hydrogens (tertiary/aromatic N) is 1. The van der Waals surface area contributed by atoms with Gasteiger partial charge in [-0.25, -0.2) is 0 Å². The molecule has 98 valence electrons. The van der Waals surface area contributed by atoms with Crippen molar-refractivity contribution in [1.29, 1.82) is 0 Å². The molecule has 2 rings (SSSR count). The van der Waals surface area contributed by atoms with Gasteiger partial charge in [0.2, 0.25) is 0 Å². The molecule has 2 unspecified atom stereocenters. The molecule has 1 saturated heterocycles. The second-order valence-corrected chi connectivity index (χ2v) is 5.01. The van der Waals surface area contributed by atoms with E-state index in [1.165, 1.54) is 6.07 Å². The lowest BCUT2D eigenvalue weighted by molar-refractivity contribution is -0.385. The number of nitro benzene ring substituents is 1. The average Bonchev–Trinajstić information content (AvgIpc) is 2.62. The molecule has 1 N–H and O–H groups in total. The third-order valence-electron chi connectivity index (χ3n) is 3.81. The Hall–Kier alpha value is -1.62. The van der Waals surface area contributed by atoms with E-state index in [2.05, 4.69) is 12.2 Å². The summed E-state index contributed by atoms with van der Waals surface area (Å²) >= 11 is 0. The first-order valence-electron chi connectivity index (χ1n) is 6.08. The number of benzene rings is 1. The van der Waals surface area contributed by atoms with E-state index in [9.17, 15) is 10.1 Å². The van der Waals surface area contributed by atoms with Crippen molar-refractivity contribution in [2.45, 2.75) is 38.8 Å². The average molecular weight is 250 g/mol. The van der Waals surface area contributed by atoms with Crippen LogP contribution >= 0.6 is 0 Å². The van der Waals surface area contributed by atoms with Crippen molar-refractivity contribution >= 4 is 11.4 Å². The van der Waals surface area contributed by atoms with Crippen molar-refractivity contribution < 1.29 is 9.66 Å². The normalized spacial score (nSPS) is 27.2. The molecule has 1 aromatic rings. The maximum atomic E-state index is 10.9. The third-order valence-corrected chi connectivity index (χ3v) is 3.81. The number of hydrogen-bond donors (Lipinski definition) is 1. The fourth-order valence-corrected chi connectivity index (χ4v) is 2.26. The lowest BCUT2D eigenvalue weighted by Crippen LogP contribution is -2.41. The zero-order valence-corrected chi connectivity index (χ0v) is 10.9. The minimum Gasteiger partial charge on any atom is -0.377 e. The third kappa shape index (κ3) is 2.18. The summed E-state index contributed by atoms with van der Waals surface area (Å²) in [6, 6.07) is 5.10. The van der Waals surface area contributed by atoms with Gasteiger partial charge in [0.1, 0.15) is 0 Å². The van der Waals surface area contributed by atoms with E-state index in [1.807, 2.05) is 13.0 Å². The topological polar surface area (TPSA) is 64.4 Å². The maximum Gasteiger partial charge on any atom is 0.274 e. The standard InChI is InChI=1S/C13H18N2O3/c1-9-11(5-4-6-12(9)15(16)17)14-13(3)7-8-18-10(13)2/h4-6,10,14H,7-8H2,1-3H3. The fourth-order valence-electron chi connectivity index (χ4n) is 2.26. The van der Waals surface area contributed by atoms with E-state index in [0.717, 1.165) is 18.7 Å². The number of rotatable bonds is 3. The molecule has 0 amide bonds. The van der Waals surface area contributed by atoms with Crippen molar-refractivity contribution in [3.8, 4) is 0 Å². The summed E-state index contributed by atoms with van der Waals surface area (Å²) in [7, 11) is 0. The second kappa shape index (κ2) is 4.57. The quantitative estimate of drug-likeness (QED) is 0.661. The SMILES string of the molecule is Cc1c(NC2(C)CCOC2C)cccc1[N+](=O)[O-]. The van der Waals surface area contributed by atoms with Gasteiger partial charge in [0, 0.05) is 23.9 Å². The number of anilines is 1. The van der Waals surface area contributed by atoms with Crippen molar-refractivity contribution in [2.24, 2.45) is 0 Å². The zero-order valence-electron chi connectivity index (χ0n) is 10.9. The highest BCUT2D eigenvalue weighted by molar-refractivity contribution is 5.61. The van der Waals surface area contributed by atoms with Gasteiger partial charge in [-0.15, -0.1) is 0 Å².